The van der Waals surface area contributed by atoms with E-state index in [1.807, 2.05) is 36.4 Å². The van der Waals surface area contributed by atoms with Gasteiger partial charge in [0.15, 0.2) is 5.96 Å². The van der Waals surface area contributed by atoms with Crippen molar-refractivity contribution in [2.24, 2.45) is 4.99 Å². The highest BCUT2D eigenvalue weighted by Crippen LogP contribution is 2.25. The smallest absolute Gasteiger partial charge is 0.191 e. The summed E-state index contributed by atoms with van der Waals surface area (Å²) in [6, 6.07) is 13.8. The average Bonchev–Trinajstić information content (AvgIpc) is 3.04. The molecular formula is C21H25N3O3. The number of hydrogen-bond donors (Lipinski definition) is 2. The summed E-state index contributed by atoms with van der Waals surface area (Å²) < 4.78 is 16.6. The Morgan fingerprint density at radius 1 is 1.04 bits per heavy atom. The van der Waals surface area contributed by atoms with Gasteiger partial charge >= 0.3 is 0 Å². The third-order valence-corrected chi connectivity index (χ3v) is 4.52. The van der Waals surface area contributed by atoms with E-state index >= 15 is 0 Å². The molecule has 1 aromatic heterocycles. The number of methoxy groups -OCH3 is 2. The molecule has 0 fully saturated rings. The molecule has 1 heterocycles. The molecule has 0 unspecified atom stereocenters. The van der Waals surface area contributed by atoms with E-state index in [9.17, 15) is 0 Å². The van der Waals surface area contributed by atoms with Gasteiger partial charge in [0.2, 0.25) is 0 Å². The van der Waals surface area contributed by atoms with Gasteiger partial charge in [0.25, 0.3) is 0 Å². The fourth-order valence-electron chi connectivity index (χ4n) is 2.96. The monoisotopic (exact) mass is 367 g/mol. The van der Waals surface area contributed by atoms with Crippen LogP contribution < -0.4 is 20.1 Å². The Bertz CT molecular complexity index is 947. The zero-order chi connectivity index (χ0) is 19.2. The SMILES string of the molecule is CN=C(NCc1ccc(OC)cc1OC)NCc1oc2ccccc2c1C. The summed E-state index contributed by atoms with van der Waals surface area (Å²) in [5.74, 6) is 3.12. The molecule has 0 bridgehead atoms. The summed E-state index contributed by atoms with van der Waals surface area (Å²) in [4.78, 5) is 4.28. The molecule has 0 saturated heterocycles. The molecule has 0 aliphatic carbocycles. The Morgan fingerprint density at radius 3 is 2.52 bits per heavy atom. The van der Waals surface area contributed by atoms with Crippen molar-refractivity contribution >= 4 is 16.9 Å². The molecule has 2 aromatic carbocycles. The fourth-order valence-corrected chi connectivity index (χ4v) is 2.96. The standard InChI is InChI=1S/C21H25N3O3/c1-14-17-7-5-6-8-18(17)27-20(14)13-24-21(22-2)23-12-15-9-10-16(25-3)11-19(15)26-4/h5-11H,12-13H2,1-4H3,(H2,22,23,24). The van der Waals surface area contributed by atoms with Crippen LogP contribution in [0.3, 0.4) is 0 Å². The van der Waals surface area contributed by atoms with Crippen molar-refractivity contribution in [2.75, 3.05) is 21.3 Å². The van der Waals surface area contributed by atoms with Crippen LogP contribution in [0.15, 0.2) is 51.9 Å². The number of rotatable bonds is 6. The lowest BCUT2D eigenvalue weighted by Gasteiger charge is -2.14. The lowest BCUT2D eigenvalue weighted by atomic mass is 10.1. The van der Waals surface area contributed by atoms with Crippen LogP contribution in [0.1, 0.15) is 16.9 Å². The number of guanidine groups is 1. The van der Waals surface area contributed by atoms with E-state index in [1.165, 1.54) is 0 Å². The molecule has 0 saturated carbocycles. The molecule has 0 aliphatic rings. The minimum absolute atomic E-state index is 0.555. The molecule has 27 heavy (non-hydrogen) atoms. The maximum absolute atomic E-state index is 5.94. The summed E-state index contributed by atoms with van der Waals surface area (Å²) in [6.45, 7) is 3.20. The van der Waals surface area contributed by atoms with Crippen LogP contribution in [-0.4, -0.2) is 27.2 Å². The van der Waals surface area contributed by atoms with Crippen LogP contribution in [0.4, 0.5) is 0 Å². The largest absolute Gasteiger partial charge is 0.497 e. The summed E-state index contributed by atoms with van der Waals surface area (Å²) in [5, 5.41) is 7.73. The van der Waals surface area contributed by atoms with Crippen LogP contribution in [0.5, 0.6) is 11.5 Å². The zero-order valence-corrected chi connectivity index (χ0v) is 16.1. The van der Waals surface area contributed by atoms with Crippen molar-refractivity contribution in [3.05, 3.63) is 59.4 Å². The first-order valence-corrected chi connectivity index (χ1v) is 8.78. The maximum atomic E-state index is 5.94. The molecule has 142 valence electrons. The van der Waals surface area contributed by atoms with Crippen LogP contribution in [0, 0.1) is 6.92 Å². The first kappa shape index (κ1) is 18.6. The molecule has 0 aliphatic heterocycles. The molecule has 0 spiro atoms. The van der Waals surface area contributed by atoms with Gasteiger partial charge in [0.05, 0.1) is 20.8 Å². The second-order valence-electron chi connectivity index (χ2n) is 6.10. The number of hydrogen-bond acceptors (Lipinski definition) is 4. The number of furan rings is 1. The molecule has 0 radical (unpaired) electrons. The van der Waals surface area contributed by atoms with Crippen molar-refractivity contribution in [3.8, 4) is 11.5 Å². The number of aryl methyl sites for hydroxylation is 1. The highest BCUT2D eigenvalue weighted by Gasteiger charge is 2.11. The molecule has 3 aromatic rings. The first-order valence-electron chi connectivity index (χ1n) is 8.78. The lowest BCUT2D eigenvalue weighted by Crippen LogP contribution is -2.36. The molecule has 0 amide bonds. The number of ether oxygens (including phenoxy) is 2. The summed E-state index contributed by atoms with van der Waals surface area (Å²) in [6.07, 6.45) is 0. The third-order valence-electron chi connectivity index (χ3n) is 4.52. The average molecular weight is 367 g/mol. The second-order valence-corrected chi connectivity index (χ2v) is 6.10. The quantitative estimate of drug-likeness (QED) is 0.514. The summed E-state index contributed by atoms with van der Waals surface area (Å²) in [5.41, 5.74) is 3.06. The third kappa shape index (κ3) is 4.16. The molecule has 3 rings (SSSR count). The van der Waals surface area contributed by atoms with Crippen LogP contribution in [0.2, 0.25) is 0 Å². The number of benzene rings is 2. The minimum Gasteiger partial charge on any atom is -0.497 e. The van der Waals surface area contributed by atoms with E-state index in [0.717, 1.165) is 39.4 Å². The van der Waals surface area contributed by atoms with Gasteiger partial charge in [-0.2, -0.15) is 0 Å². The Balaban J connectivity index is 1.64. The Hall–Kier alpha value is -3.15. The Kier molecular flexibility index (Phi) is 5.86. The van der Waals surface area contributed by atoms with E-state index < -0.39 is 0 Å². The van der Waals surface area contributed by atoms with Crippen LogP contribution in [0.25, 0.3) is 11.0 Å². The van der Waals surface area contributed by atoms with Gasteiger partial charge in [-0.3, -0.25) is 4.99 Å². The van der Waals surface area contributed by atoms with Crippen molar-refractivity contribution in [3.63, 3.8) is 0 Å². The highest BCUT2D eigenvalue weighted by molar-refractivity contribution is 5.83. The van der Waals surface area contributed by atoms with Gasteiger partial charge in [-0.15, -0.1) is 0 Å². The van der Waals surface area contributed by atoms with Crippen molar-refractivity contribution in [2.45, 2.75) is 20.0 Å². The van der Waals surface area contributed by atoms with Gasteiger partial charge in [-0.25, -0.2) is 0 Å². The van der Waals surface area contributed by atoms with Crippen molar-refractivity contribution in [1.82, 2.24) is 10.6 Å². The maximum Gasteiger partial charge on any atom is 0.191 e. The minimum atomic E-state index is 0.555. The van der Waals surface area contributed by atoms with Gasteiger partial charge in [0, 0.05) is 36.2 Å². The molecule has 0 atom stereocenters. The molecule has 2 N–H and O–H groups in total. The lowest BCUT2D eigenvalue weighted by molar-refractivity contribution is 0.390. The number of nitrogens with zero attached hydrogens (tertiary/aromatic N) is 1. The Morgan fingerprint density at radius 2 is 1.81 bits per heavy atom. The predicted octanol–water partition coefficient (Wildman–Crippen LogP) is 3.62. The molecule has 6 nitrogen and oxygen atoms in total. The van der Waals surface area contributed by atoms with E-state index in [1.54, 1.807) is 21.3 Å². The first-order chi connectivity index (χ1) is 13.2. The molecule has 6 heteroatoms. The number of para-hydroxylation sites is 1. The normalized spacial score (nSPS) is 11.5. The fraction of sp³-hybridized carbons (Fsp3) is 0.286. The van der Waals surface area contributed by atoms with E-state index in [2.05, 4.69) is 28.6 Å². The summed E-state index contributed by atoms with van der Waals surface area (Å²) in [7, 11) is 5.03. The number of fused-ring (bicyclic) bond motifs is 1. The number of aliphatic imine (C=N–C) groups is 1. The van der Waals surface area contributed by atoms with E-state index in [0.29, 0.717) is 19.0 Å². The van der Waals surface area contributed by atoms with Crippen LogP contribution in [-0.2, 0) is 13.1 Å². The van der Waals surface area contributed by atoms with Gasteiger partial charge in [0.1, 0.15) is 22.8 Å². The summed E-state index contributed by atoms with van der Waals surface area (Å²) >= 11 is 0. The number of nitrogens with one attached hydrogen (secondary N) is 2. The highest BCUT2D eigenvalue weighted by atomic mass is 16.5. The van der Waals surface area contributed by atoms with Gasteiger partial charge in [-0.1, -0.05) is 18.2 Å². The topological polar surface area (TPSA) is 68.0 Å². The molecular weight excluding hydrogens is 342 g/mol. The van der Waals surface area contributed by atoms with Crippen LogP contribution >= 0.6 is 0 Å². The van der Waals surface area contributed by atoms with Gasteiger partial charge < -0.3 is 24.5 Å². The Labute approximate surface area is 159 Å². The van der Waals surface area contributed by atoms with Gasteiger partial charge in [-0.05, 0) is 25.1 Å². The van der Waals surface area contributed by atoms with E-state index in [-0.39, 0.29) is 0 Å². The zero-order valence-electron chi connectivity index (χ0n) is 16.1. The second kappa shape index (κ2) is 8.49. The van der Waals surface area contributed by atoms with Crippen molar-refractivity contribution < 1.29 is 13.9 Å². The van der Waals surface area contributed by atoms with Crippen molar-refractivity contribution in [1.29, 1.82) is 0 Å². The van der Waals surface area contributed by atoms with E-state index in [4.69, 9.17) is 13.9 Å². The predicted molar refractivity (Wildman–Crippen MR) is 108 cm³/mol.